The van der Waals surface area contributed by atoms with Gasteiger partial charge in [0.2, 0.25) is 0 Å². The Morgan fingerprint density at radius 1 is 1.00 bits per heavy atom. The predicted octanol–water partition coefficient (Wildman–Crippen LogP) is 1.85. The van der Waals surface area contributed by atoms with E-state index in [-0.39, 0.29) is 14.3 Å². The minimum absolute atomic E-state index is 0.333. The number of rotatable bonds is 0. The fraction of sp³-hybridized carbons (Fsp3) is 0.333. The molecule has 4 radical (unpaired) electrons. The molecule has 1 aromatic carbocycles. The molecule has 0 saturated heterocycles. The summed E-state index contributed by atoms with van der Waals surface area (Å²) < 4.78 is 1.32. The Morgan fingerprint density at radius 2 is 1.36 bits per heavy atom. The van der Waals surface area contributed by atoms with Crippen molar-refractivity contribution >= 4 is 35.3 Å². The second kappa shape index (κ2) is 6.98. The zero-order valence-corrected chi connectivity index (χ0v) is 11.6. The summed E-state index contributed by atoms with van der Waals surface area (Å²) >= 11 is 1.75. The molecule has 0 atom stereocenters. The normalized spacial score (nSPS) is 8.82. The molecule has 0 unspecified atom stereocenters. The summed E-state index contributed by atoms with van der Waals surface area (Å²) in [4.78, 5) is 0. The van der Waals surface area contributed by atoms with Crippen LogP contribution in [0.1, 0.15) is 0 Å². The van der Waals surface area contributed by atoms with Gasteiger partial charge in [0.05, 0.1) is 0 Å². The van der Waals surface area contributed by atoms with Gasteiger partial charge in [-0.05, 0) is 0 Å². The first kappa shape index (κ1) is 11.3. The van der Waals surface area contributed by atoms with Gasteiger partial charge in [-0.2, -0.15) is 0 Å². The van der Waals surface area contributed by atoms with Gasteiger partial charge < -0.3 is 0 Å². The van der Waals surface area contributed by atoms with Crippen molar-refractivity contribution in [3.8, 4) is 0 Å². The maximum atomic E-state index is 2.33. The van der Waals surface area contributed by atoms with E-state index in [4.69, 9.17) is 0 Å². The Morgan fingerprint density at radius 3 is 1.55 bits per heavy atom. The average molecular weight is 267 g/mol. The molecule has 0 heterocycles. The van der Waals surface area contributed by atoms with Crippen LogP contribution in [0.15, 0.2) is 30.3 Å². The van der Waals surface area contributed by atoms with E-state index >= 15 is 0 Å². The maximum absolute atomic E-state index is 2.33. The van der Waals surface area contributed by atoms with Crippen molar-refractivity contribution in [3.05, 3.63) is 30.3 Å². The van der Waals surface area contributed by atoms with Crippen molar-refractivity contribution in [3.63, 3.8) is 0 Å². The Kier molecular flexibility index (Phi) is 7.18. The summed E-state index contributed by atoms with van der Waals surface area (Å²) in [5.41, 5.74) is 0. The molecular formula is C9H14Ge2. The molecule has 0 amide bonds. The monoisotopic (exact) mass is 270 g/mol. The number of benzene rings is 1. The van der Waals surface area contributed by atoms with Crippen LogP contribution in [0.2, 0.25) is 17.3 Å². The summed E-state index contributed by atoms with van der Waals surface area (Å²) in [6.07, 6.45) is 0. The molecule has 58 valence electrons. The van der Waals surface area contributed by atoms with Crippen molar-refractivity contribution in [2.45, 2.75) is 17.3 Å². The molecule has 0 spiro atoms. The van der Waals surface area contributed by atoms with E-state index in [1.165, 1.54) is 4.40 Å². The molecule has 0 aliphatic rings. The van der Waals surface area contributed by atoms with E-state index in [1.54, 1.807) is 0 Å². The Balaban J connectivity index is 0.000000218. The van der Waals surface area contributed by atoms with Gasteiger partial charge in [-0.1, -0.05) is 0 Å². The van der Waals surface area contributed by atoms with Gasteiger partial charge >= 0.3 is 82.9 Å². The van der Waals surface area contributed by atoms with Crippen molar-refractivity contribution in [1.29, 1.82) is 0 Å². The van der Waals surface area contributed by atoms with Crippen molar-refractivity contribution in [2.75, 3.05) is 0 Å². The molecular weight excluding hydrogens is 253 g/mol. The predicted molar refractivity (Wildman–Crippen MR) is 55.2 cm³/mol. The van der Waals surface area contributed by atoms with Crippen LogP contribution in [0.25, 0.3) is 0 Å². The van der Waals surface area contributed by atoms with Crippen molar-refractivity contribution in [2.24, 2.45) is 0 Å². The van der Waals surface area contributed by atoms with E-state index in [2.05, 4.69) is 45.9 Å². The van der Waals surface area contributed by atoms with Crippen LogP contribution in [0, 0.1) is 0 Å². The molecule has 0 aromatic heterocycles. The molecule has 1 rings (SSSR count). The van der Waals surface area contributed by atoms with Gasteiger partial charge in [-0.25, -0.2) is 0 Å². The van der Waals surface area contributed by atoms with Crippen LogP contribution in [0.4, 0.5) is 0 Å². The van der Waals surface area contributed by atoms with E-state index in [0.717, 1.165) is 0 Å². The first-order valence-electron chi connectivity index (χ1n) is 3.66. The van der Waals surface area contributed by atoms with Gasteiger partial charge in [0.15, 0.2) is 0 Å². The number of hydrogen-bond acceptors (Lipinski definition) is 0. The first-order chi connectivity index (χ1) is 5.13. The Bertz CT molecular complexity index is 167. The fourth-order valence-electron chi connectivity index (χ4n) is 0.438. The summed E-state index contributed by atoms with van der Waals surface area (Å²) in [5.74, 6) is 7.00. The minimum atomic E-state index is -0.333. The Hall–Kier alpha value is 0.306. The van der Waals surface area contributed by atoms with Crippen LogP contribution in [0.3, 0.4) is 0 Å². The quantitative estimate of drug-likeness (QED) is 0.629. The third kappa shape index (κ3) is 10.3. The summed E-state index contributed by atoms with van der Waals surface area (Å²) in [7, 11) is 0. The second-order valence-electron chi connectivity index (χ2n) is 2.87. The molecule has 1 aromatic rings. The third-order valence-electron chi connectivity index (χ3n) is 0.774. The summed E-state index contributed by atoms with van der Waals surface area (Å²) in [5, 5.41) is 0. The van der Waals surface area contributed by atoms with E-state index in [0.29, 0.717) is 0 Å². The van der Waals surface area contributed by atoms with Crippen LogP contribution in [-0.2, 0) is 0 Å². The summed E-state index contributed by atoms with van der Waals surface area (Å²) in [6.45, 7) is 0. The van der Waals surface area contributed by atoms with Crippen LogP contribution < -0.4 is 4.40 Å². The zero-order chi connectivity index (χ0) is 8.69. The Labute approximate surface area is 82.7 Å². The topological polar surface area (TPSA) is 0 Å². The van der Waals surface area contributed by atoms with Gasteiger partial charge in [0.25, 0.3) is 0 Å². The molecule has 0 bridgehead atoms. The van der Waals surface area contributed by atoms with Crippen LogP contribution in [-0.4, -0.2) is 30.9 Å². The number of hydrogen-bond donors (Lipinski definition) is 0. The van der Waals surface area contributed by atoms with Gasteiger partial charge in [-0.15, -0.1) is 0 Å². The molecule has 0 aliphatic carbocycles. The average Bonchev–Trinajstić information content (AvgIpc) is 1.87. The van der Waals surface area contributed by atoms with E-state index in [9.17, 15) is 0 Å². The molecule has 0 saturated carbocycles. The molecule has 0 fully saturated rings. The van der Waals surface area contributed by atoms with E-state index in [1.807, 2.05) is 18.2 Å². The van der Waals surface area contributed by atoms with E-state index < -0.39 is 0 Å². The zero-order valence-electron chi connectivity index (χ0n) is 7.39. The van der Waals surface area contributed by atoms with Gasteiger partial charge in [0, 0.05) is 0 Å². The fourth-order valence-corrected chi connectivity index (χ4v) is 0.842. The van der Waals surface area contributed by atoms with Crippen molar-refractivity contribution in [1.82, 2.24) is 0 Å². The molecule has 0 aliphatic heterocycles. The molecule has 0 N–H and O–H groups in total. The SMILES string of the molecule is [CH3][Ge]([CH3])[CH3].[Ge][c]1ccccc1. The third-order valence-corrected chi connectivity index (χ3v) is 1.47. The van der Waals surface area contributed by atoms with Crippen LogP contribution in [0.5, 0.6) is 0 Å². The standard InChI is InChI=1S/C6H5Ge.C3H9Ge/c7-6-4-2-1-3-5-6;1-4(2)3/h1-5H;1-3H3. The van der Waals surface area contributed by atoms with Crippen molar-refractivity contribution < 1.29 is 0 Å². The second-order valence-corrected chi connectivity index (χ2v) is 10.4. The first-order valence-corrected chi connectivity index (χ1v) is 11.0. The molecule has 2 heteroatoms. The summed E-state index contributed by atoms with van der Waals surface area (Å²) in [6, 6.07) is 10.3. The molecule has 0 nitrogen and oxygen atoms in total. The van der Waals surface area contributed by atoms with Crippen LogP contribution >= 0.6 is 0 Å². The van der Waals surface area contributed by atoms with Gasteiger partial charge in [-0.3, -0.25) is 0 Å². The molecule has 11 heavy (non-hydrogen) atoms. The van der Waals surface area contributed by atoms with Gasteiger partial charge in [0.1, 0.15) is 0 Å².